The van der Waals surface area contributed by atoms with Crippen LogP contribution in [-0.4, -0.2) is 32.1 Å². The predicted molar refractivity (Wildman–Crippen MR) is 112 cm³/mol. The number of unbranched alkanes of at least 4 members (excludes halogenated alkanes) is 1. The monoisotopic (exact) mass is 396 g/mol. The van der Waals surface area contributed by atoms with E-state index in [1.807, 2.05) is 48.5 Å². The van der Waals surface area contributed by atoms with Crippen molar-refractivity contribution in [3.8, 4) is 5.75 Å². The predicted octanol–water partition coefficient (Wildman–Crippen LogP) is 3.07. The second-order valence-electron chi connectivity index (χ2n) is 7.23. The molecule has 0 radical (unpaired) electrons. The summed E-state index contributed by atoms with van der Waals surface area (Å²) in [6, 6.07) is 15.7. The van der Waals surface area contributed by atoms with Gasteiger partial charge in [0.1, 0.15) is 5.75 Å². The third kappa shape index (κ3) is 5.35. The Bertz CT molecular complexity index is 838. The molecule has 0 bridgehead atoms. The minimum atomic E-state index is -0.421. The number of esters is 1. The maximum absolute atomic E-state index is 13.2. The van der Waals surface area contributed by atoms with Crippen molar-refractivity contribution in [3.63, 3.8) is 0 Å². The van der Waals surface area contributed by atoms with Gasteiger partial charge in [-0.2, -0.15) is 0 Å². The van der Waals surface area contributed by atoms with Gasteiger partial charge in [0.15, 0.2) is 0 Å². The number of ether oxygens (including phenoxy) is 2. The average molecular weight is 396 g/mol. The first-order chi connectivity index (χ1) is 14.1. The number of fused-ring (bicyclic) bond motifs is 1. The number of methoxy groups -OCH3 is 1. The van der Waals surface area contributed by atoms with Crippen LogP contribution in [-0.2, 0) is 27.3 Å². The molecule has 2 N–H and O–H groups in total. The number of hydrogen-bond acceptors (Lipinski definition) is 5. The van der Waals surface area contributed by atoms with Gasteiger partial charge < -0.3 is 20.1 Å². The summed E-state index contributed by atoms with van der Waals surface area (Å²) in [5.74, 6) is -0.119. The zero-order chi connectivity index (χ0) is 20.6. The number of benzene rings is 2. The van der Waals surface area contributed by atoms with Gasteiger partial charge in [0.2, 0.25) is 5.91 Å². The van der Waals surface area contributed by atoms with Crippen LogP contribution < -0.4 is 15.4 Å². The summed E-state index contributed by atoms with van der Waals surface area (Å²) in [5, 5.41) is 0. The molecule has 1 heterocycles. The largest absolute Gasteiger partial charge is 0.494 e. The van der Waals surface area contributed by atoms with E-state index in [4.69, 9.17) is 15.2 Å². The summed E-state index contributed by atoms with van der Waals surface area (Å²) in [4.78, 5) is 26.8. The van der Waals surface area contributed by atoms with Crippen LogP contribution in [0.4, 0.5) is 5.69 Å². The van der Waals surface area contributed by atoms with Crippen molar-refractivity contribution in [2.24, 2.45) is 11.7 Å². The van der Waals surface area contributed by atoms with Crippen molar-refractivity contribution < 1.29 is 19.1 Å². The molecule has 154 valence electrons. The molecule has 3 rings (SSSR count). The van der Waals surface area contributed by atoms with E-state index in [0.29, 0.717) is 26.1 Å². The second kappa shape index (κ2) is 10.1. The Morgan fingerprint density at radius 2 is 1.97 bits per heavy atom. The minimum Gasteiger partial charge on any atom is -0.494 e. The van der Waals surface area contributed by atoms with E-state index in [-0.39, 0.29) is 18.3 Å². The Hall–Kier alpha value is -2.86. The molecule has 6 nitrogen and oxygen atoms in total. The molecule has 1 aliphatic rings. The topological polar surface area (TPSA) is 81.9 Å². The summed E-state index contributed by atoms with van der Waals surface area (Å²) in [6.45, 7) is 1.68. The van der Waals surface area contributed by atoms with Gasteiger partial charge >= 0.3 is 5.97 Å². The zero-order valence-electron chi connectivity index (χ0n) is 16.8. The summed E-state index contributed by atoms with van der Waals surface area (Å²) in [6.07, 6.45) is 2.40. The molecule has 6 heteroatoms. The Labute approximate surface area is 171 Å². The molecule has 1 aliphatic heterocycles. The highest BCUT2D eigenvalue weighted by Crippen LogP contribution is 2.36. The van der Waals surface area contributed by atoms with E-state index >= 15 is 0 Å². The number of rotatable bonds is 9. The first-order valence-electron chi connectivity index (χ1n) is 10.00. The van der Waals surface area contributed by atoms with Gasteiger partial charge in [0.25, 0.3) is 0 Å². The molecular weight excluding hydrogens is 368 g/mol. The van der Waals surface area contributed by atoms with E-state index in [1.54, 1.807) is 4.90 Å². The van der Waals surface area contributed by atoms with E-state index in [1.165, 1.54) is 7.11 Å². The van der Waals surface area contributed by atoms with Gasteiger partial charge in [-0.1, -0.05) is 36.4 Å². The van der Waals surface area contributed by atoms with Crippen molar-refractivity contribution in [2.45, 2.75) is 32.2 Å². The fourth-order valence-corrected chi connectivity index (χ4v) is 3.56. The van der Waals surface area contributed by atoms with Gasteiger partial charge in [-0.15, -0.1) is 0 Å². The highest BCUT2D eigenvalue weighted by molar-refractivity contribution is 5.99. The lowest BCUT2D eigenvalue weighted by Crippen LogP contribution is -2.41. The van der Waals surface area contributed by atoms with Gasteiger partial charge in [-0.05, 0) is 43.0 Å². The molecule has 2 aromatic rings. The highest BCUT2D eigenvalue weighted by atomic mass is 16.5. The number of hydrogen-bond donors (Lipinski definition) is 1. The molecule has 2 aromatic carbocycles. The van der Waals surface area contributed by atoms with Crippen LogP contribution in [0.15, 0.2) is 48.5 Å². The second-order valence-corrected chi connectivity index (χ2v) is 7.23. The smallest absolute Gasteiger partial charge is 0.306 e. The molecule has 0 aliphatic carbocycles. The van der Waals surface area contributed by atoms with Gasteiger partial charge in [-0.25, -0.2) is 0 Å². The molecule has 29 heavy (non-hydrogen) atoms. The lowest BCUT2D eigenvalue weighted by molar-refractivity contribution is -0.143. The van der Waals surface area contributed by atoms with Crippen LogP contribution in [0, 0.1) is 5.92 Å². The third-order valence-corrected chi connectivity index (χ3v) is 5.12. The highest BCUT2D eigenvalue weighted by Gasteiger charge is 2.34. The Morgan fingerprint density at radius 1 is 1.17 bits per heavy atom. The standard InChI is InChI=1S/C23H28N2O4/c1-28-22(26)14-19-13-18-9-10-20(29-12-6-5-11-24)15-21(18)25(23(19)27)16-17-7-3-2-4-8-17/h2-4,7-10,15,19H,5-6,11-14,16,24H2,1H3. The molecule has 0 saturated carbocycles. The maximum atomic E-state index is 13.2. The van der Waals surface area contributed by atoms with Crippen LogP contribution in [0.3, 0.4) is 0 Å². The number of carbonyl (C=O) groups is 2. The molecule has 1 unspecified atom stereocenters. The molecule has 1 amide bonds. The minimum absolute atomic E-state index is 0.0629. The first kappa shape index (κ1) is 20.9. The van der Waals surface area contributed by atoms with Crippen molar-refractivity contribution in [1.29, 1.82) is 0 Å². The number of nitrogens with two attached hydrogens (primary N) is 1. The fourth-order valence-electron chi connectivity index (χ4n) is 3.56. The Balaban J connectivity index is 1.86. The number of carbonyl (C=O) groups excluding carboxylic acids is 2. The van der Waals surface area contributed by atoms with E-state index in [2.05, 4.69) is 0 Å². The number of anilines is 1. The van der Waals surface area contributed by atoms with Gasteiger partial charge in [0, 0.05) is 6.07 Å². The quantitative estimate of drug-likeness (QED) is 0.520. The number of nitrogens with zero attached hydrogens (tertiary/aromatic N) is 1. The summed E-state index contributed by atoms with van der Waals surface area (Å²) in [7, 11) is 1.35. The average Bonchev–Trinajstić information content (AvgIpc) is 2.75. The van der Waals surface area contributed by atoms with Gasteiger partial charge in [0.05, 0.1) is 38.3 Å². The molecule has 0 saturated heterocycles. The third-order valence-electron chi connectivity index (χ3n) is 5.12. The Kier molecular flexibility index (Phi) is 7.25. The maximum Gasteiger partial charge on any atom is 0.306 e. The molecule has 0 spiro atoms. The lowest BCUT2D eigenvalue weighted by atomic mass is 9.89. The van der Waals surface area contributed by atoms with Crippen LogP contribution in [0.2, 0.25) is 0 Å². The van der Waals surface area contributed by atoms with Crippen LogP contribution in [0.1, 0.15) is 30.4 Å². The molecular formula is C23H28N2O4. The van der Waals surface area contributed by atoms with E-state index in [0.717, 1.165) is 35.4 Å². The van der Waals surface area contributed by atoms with Crippen LogP contribution in [0.5, 0.6) is 5.75 Å². The molecule has 0 fully saturated rings. The van der Waals surface area contributed by atoms with Crippen LogP contribution in [0.25, 0.3) is 0 Å². The summed E-state index contributed by atoms with van der Waals surface area (Å²) < 4.78 is 10.6. The summed E-state index contributed by atoms with van der Waals surface area (Å²) in [5.41, 5.74) is 8.43. The first-order valence-corrected chi connectivity index (χ1v) is 10.00. The number of amides is 1. The fraction of sp³-hybridized carbons (Fsp3) is 0.391. The van der Waals surface area contributed by atoms with Crippen LogP contribution >= 0.6 is 0 Å². The van der Waals surface area contributed by atoms with Crippen molar-refractivity contribution >= 4 is 17.6 Å². The van der Waals surface area contributed by atoms with Crippen molar-refractivity contribution in [2.75, 3.05) is 25.2 Å². The van der Waals surface area contributed by atoms with E-state index in [9.17, 15) is 9.59 Å². The van der Waals surface area contributed by atoms with Gasteiger partial charge in [-0.3, -0.25) is 9.59 Å². The van der Waals surface area contributed by atoms with Crippen molar-refractivity contribution in [3.05, 3.63) is 59.7 Å². The lowest BCUT2D eigenvalue weighted by Gasteiger charge is -2.34. The van der Waals surface area contributed by atoms with E-state index < -0.39 is 5.92 Å². The molecule has 0 aromatic heterocycles. The Morgan fingerprint density at radius 3 is 2.69 bits per heavy atom. The SMILES string of the molecule is COC(=O)CC1Cc2ccc(OCCCCN)cc2N(Cc2ccccc2)C1=O. The summed E-state index contributed by atoms with van der Waals surface area (Å²) >= 11 is 0. The normalized spacial score (nSPS) is 15.7. The molecule has 1 atom stereocenters. The zero-order valence-corrected chi connectivity index (χ0v) is 16.8. The van der Waals surface area contributed by atoms with Crippen molar-refractivity contribution in [1.82, 2.24) is 0 Å².